The summed E-state index contributed by atoms with van der Waals surface area (Å²) in [6, 6.07) is 2.86. The minimum Gasteiger partial charge on any atom is -0.393 e. The van der Waals surface area contributed by atoms with E-state index >= 15 is 0 Å². The fourth-order valence-electron chi connectivity index (χ4n) is 4.40. The summed E-state index contributed by atoms with van der Waals surface area (Å²) in [6.07, 6.45) is 3.15. The van der Waals surface area contributed by atoms with Crippen molar-refractivity contribution in [3.63, 3.8) is 0 Å². The Morgan fingerprint density at radius 2 is 2.08 bits per heavy atom. The molecule has 4 aliphatic rings. The van der Waals surface area contributed by atoms with Crippen molar-refractivity contribution in [3.05, 3.63) is 30.2 Å². The van der Waals surface area contributed by atoms with E-state index in [0.717, 1.165) is 5.57 Å². The highest BCUT2D eigenvalue weighted by molar-refractivity contribution is 5.93. The summed E-state index contributed by atoms with van der Waals surface area (Å²) in [5.74, 6) is 0. The van der Waals surface area contributed by atoms with Crippen molar-refractivity contribution < 1.29 is 24.5 Å². The normalized spacial score (nSPS) is 38.8. The Hall–Kier alpha value is -2.36. The van der Waals surface area contributed by atoms with Gasteiger partial charge in [0, 0.05) is 24.4 Å². The van der Waals surface area contributed by atoms with E-state index in [-0.39, 0.29) is 19.1 Å². The molecule has 1 aromatic heterocycles. The first-order chi connectivity index (χ1) is 12.0. The van der Waals surface area contributed by atoms with E-state index in [1.54, 1.807) is 18.5 Å². The molecule has 4 N–H and O–H groups in total. The van der Waals surface area contributed by atoms with Crippen LogP contribution in [0.1, 0.15) is 25.0 Å². The average molecular weight is 346 g/mol. The summed E-state index contributed by atoms with van der Waals surface area (Å²) in [5, 5.41) is 25.5. The SMILES string of the molecule is O=C1NC2NC(=O)n3cccc3C2=CN1[C@]12CCC(CO)(O1)C(O)C2. The van der Waals surface area contributed by atoms with Crippen LogP contribution in [0.3, 0.4) is 0 Å². The van der Waals surface area contributed by atoms with Gasteiger partial charge in [0.05, 0.1) is 18.4 Å². The molecule has 2 saturated heterocycles. The second-order valence-corrected chi connectivity index (χ2v) is 7.04. The van der Waals surface area contributed by atoms with Crippen LogP contribution in [-0.4, -0.2) is 61.9 Å². The molecule has 9 heteroatoms. The third kappa shape index (κ3) is 1.77. The lowest BCUT2D eigenvalue weighted by atomic mass is 9.83. The molecule has 25 heavy (non-hydrogen) atoms. The molecule has 0 spiro atoms. The van der Waals surface area contributed by atoms with Crippen LogP contribution < -0.4 is 10.6 Å². The number of nitrogens with zero attached hydrogens (tertiary/aromatic N) is 2. The highest BCUT2D eigenvalue weighted by atomic mass is 16.6. The number of carbonyl (C=O) groups excluding carboxylic acids is 2. The largest absolute Gasteiger partial charge is 0.393 e. The number of amides is 3. The first-order valence-electron chi connectivity index (χ1n) is 8.27. The van der Waals surface area contributed by atoms with Gasteiger partial charge in [-0.15, -0.1) is 0 Å². The fourth-order valence-corrected chi connectivity index (χ4v) is 4.40. The molecular weight excluding hydrogens is 328 g/mol. The Kier molecular flexibility index (Phi) is 2.76. The number of ether oxygens (including phenoxy) is 1. The van der Waals surface area contributed by atoms with Crippen LogP contribution >= 0.6 is 0 Å². The average Bonchev–Trinajstić information content (AvgIpc) is 3.27. The lowest BCUT2D eigenvalue weighted by molar-refractivity contribution is -0.133. The molecule has 4 aliphatic heterocycles. The van der Waals surface area contributed by atoms with E-state index in [1.165, 1.54) is 9.47 Å². The molecule has 3 amide bonds. The molecule has 0 aliphatic carbocycles. The lowest BCUT2D eigenvalue weighted by Gasteiger charge is -2.42. The van der Waals surface area contributed by atoms with E-state index in [4.69, 9.17) is 4.74 Å². The van der Waals surface area contributed by atoms with Crippen LogP contribution in [0, 0.1) is 0 Å². The highest BCUT2D eigenvalue weighted by Gasteiger charge is 2.64. The maximum atomic E-state index is 12.7. The van der Waals surface area contributed by atoms with Crippen LogP contribution in [0.25, 0.3) is 5.57 Å². The minimum absolute atomic E-state index is 0.239. The van der Waals surface area contributed by atoms with Crippen LogP contribution in [0.15, 0.2) is 24.5 Å². The van der Waals surface area contributed by atoms with E-state index in [9.17, 15) is 19.8 Å². The number of hydrogen-bond donors (Lipinski definition) is 4. The number of carbonyl (C=O) groups is 2. The molecular formula is C16H18N4O5. The van der Waals surface area contributed by atoms with Gasteiger partial charge in [-0.25, -0.2) is 9.59 Å². The van der Waals surface area contributed by atoms with Gasteiger partial charge < -0.3 is 25.6 Å². The third-order valence-electron chi connectivity index (χ3n) is 5.76. The van der Waals surface area contributed by atoms with Crippen molar-refractivity contribution in [3.8, 4) is 0 Å². The molecule has 0 radical (unpaired) electrons. The van der Waals surface area contributed by atoms with Gasteiger partial charge >= 0.3 is 12.1 Å². The van der Waals surface area contributed by atoms with Crippen molar-refractivity contribution in [2.75, 3.05) is 6.61 Å². The molecule has 4 atom stereocenters. The van der Waals surface area contributed by atoms with Crippen molar-refractivity contribution in [2.24, 2.45) is 0 Å². The number of nitrogens with one attached hydrogen (secondary N) is 2. The summed E-state index contributed by atoms with van der Waals surface area (Å²) in [6.45, 7) is -0.288. The summed E-state index contributed by atoms with van der Waals surface area (Å²) >= 11 is 0. The number of hydrogen-bond acceptors (Lipinski definition) is 5. The molecule has 3 unspecified atom stereocenters. The van der Waals surface area contributed by atoms with Crippen LogP contribution in [0.5, 0.6) is 0 Å². The van der Waals surface area contributed by atoms with Gasteiger partial charge in [0.2, 0.25) is 0 Å². The second-order valence-electron chi connectivity index (χ2n) is 7.04. The maximum Gasteiger partial charge on any atom is 0.327 e. The monoisotopic (exact) mass is 346 g/mol. The van der Waals surface area contributed by atoms with E-state index in [0.29, 0.717) is 18.5 Å². The molecule has 132 valence electrons. The van der Waals surface area contributed by atoms with Gasteiger partial charge in [-0.05, 0) is 25.0 Å². The Bertz CT molecular complexity index is 819. The van der Waals surface area contributed by atoms with Gasteiger partial charge in [0.15, 0.2) is 5.72 Å². The zero-order valence-electron chi connectivity index (χ0n) is 13.3. The van der Waals surface area contributed by atoms with Crippen LogP contribution in [0.4, 0.5) is 9.59 Å². The Morgan fingerprint density at radius 3 is 2.80 bits per heavy atom. The van der Waals surface area contributed by atoms with E-state index < -0.39 is 29.6 Å². The summed E-state index contributed by atoms with van der Waals surface area (Å²) in [5.41, 5.74) is -0.551. The number of aliphatic hydroxyl groups is 2. The van der Waals surface area contributed by atoms with Crippen molar-refractivity contribution in [2.45, 2.75) is 42.9 Å². The quantitative estimate of drug-likeness (QED) is 0.590. The van der Waals surface area contributed by atoms with Crippen molar-refractivity contribution in [1.29, 1.82) is 0 Å². The lowest BCUT2D eigenvalue weighted by Crippen LogP contribution is -2.62. The predicted octanol–water partition coefficient (Wildman–Crippen LogP) is -0.246. The smallest absolute Gasteiger partial charge is 0.327 e. The molecule has 0 aromatic carbocycles. The summed E-state index contributed by atoms with van der Waals surface area (Å²) < 4.78 is 7.49. The zero-order chi connectivity index (χ0) is 17.4. The Labute approximate surface area is 142 Å². The molecule has 9 nitrogen and oxygen atoms in total. The number of rotatable bonds is 2. The first-order valence-corrected chi connectivity index (χ1v) is 8.27. The van der Waals surface area contributed by atoms with Gasteiger partial charge in [-0.3, -0.25) is 9.47 Å². The number of aliphatic hydroxyl groups excluding tert-OH is 2. The van der Waals surface area contributed by atoms with Crippen LogP contribution in [-0.2, 0) is 4.74 Å². The summed E-state index contributed by atoms with van der Waals surface area (Å²) in [7, 11) is 0. The van der Waals surface area contributed by atoms with Gasteiger partial charge in [0.25, 0.3) is 0 Å². The third-order valence-corrected chi connectivity index (χ3v) is 5.76. The highest BCUT2D eigenvalue weighted by Crippen LogP contribution is 2.53. The maximum absolute atomic E-state index is 12.7. The fraction of sp³-hybridized carbons (Fsp3) is 0.500. The molecule has 5 heterocycles. The zero-order valence-corrected chi connectivity index (χ0v) is 13.3. The Morgan fingerprint density at radius 1 is 1.28 bits per heavy atom. The predicted molar refractivity (Wildman–Crippen MR) is 84.0 cm³/mol. The van der Waals surface area contributed by atoms with Crippen molar-refractivity contribution in [1.82, 2.24) is 20.1 Å². The molecule has 2 bridgehead atoms. The topological polar surface area (TPSA) is 116 Å². The van der Waals surface area contributed by atoms with E-state index in [2.05, 4.69) is 10.6 Å². The molecule has 1 aromatic rings. The minimum atomic E-state index is -1.00. The van der Waals surface area contributed by atoms with Gasteiger partial charge in [-0.2, -0.15) is 0 Å². The number of aromatic nitrogens is 1. The number of fused-ring (bicyclic) bond motifs is 5. The molecule has 2 fully saturated rings. The standard InChI is InChI=1S/C16H18N4O5/c21-8-15-3-4-16(25-15,6-11(15)22)20-7-9-10-2-1-5-19(10)13(23)17-12(9)18-14(20)24/h1-2,5,7,11-12,21-22H,3-4,6,8H2,(H,17,23)(H,18,24)/t11?,12?,15?,16-/m1/s1. The molecule has 5 rings (SSSR count). The van der Waals surface area contributed by atoms with Gasteiger partial charge in [0.1, 0.15) is 11.8 Å². The summed E-state index contributed by atoms with van der Waals surface area (Å²) in [4.78, 5) is 26.2. The van der Waals surface area contributed by atoms with Crippen LogP contribution in [0.2, 0.25) is 0 Å². The van der Waals surface area contributed by atoms with Gasteiger partial charge in [-0.1, -0.05) is 0 Å². The second kappa shape index (κ2) is 4.63. The first kappa shape index (κ1) is 14.9. The molecule has 0 saturated carbocycles. The Balaban J connectivity index is 1.58. The van der Waals surface area contributed by atoms with E-state index in [1.807, 2.05) is 6.07 Å². The number of urea groups is 1. The van der Waals surface area contributed by atoms with Crippen molar-refractivity contribution >= 4 is 17.6 Å².